The Kier molecular flexibility index (Phi) is 4.48. The van der Waals surface area contributed by atoms with Gasteiger partial charge in [0.25, 0.3) is 0 Å². The van der Waals surface area contributed by atoms with Crippen LogP contribution in [0.15, 0.2) is 12.3 Å². The van der Waals surface area contributed by atoms with Gasteiger partial charge in [0.15, 0.2) is 0 Å². The SMILES string of the molecule is Cc1cc(OCC(C)(C)N(C)C)c(CO)cn1. The number of aryl methyl sites for hydroxylation is 1. The van der Waals surface area contributed by atoms with Crippen molar-refractivity contribution in [1.82, 2.24) is 9.88 Å². The van der Waals surface area contributed by atoms with Gasteiger partial charge < -0.3 is 14.7 Å². The van der Waals surface area contributed by atoms with E-state index in [-0.39, 0.29) is 12.1 Å². The Bertz CT molecular complexity index is 376. The highest BCUT2D eigenvalue weighted by Crippen LogP contribution is 2.21. The van der Waals surface area contributed by atoms with Gasteiger partial charge in [-0.2, -0.15) is 0 Å². The van der Waals surface area contributed by atoms with Crippen LogP contribution in [0.3, 0.4) is 0 Å². The zero-order chi connectivity index (χ0) is 13.1. The molecule has 1 aromatic heterocycles. The number of nitrogens with zero attached hydrogens (tertiary/aromatic N) is 2. The Morgan fingerprint density at radius 2 is 2.06 bits per heavy atom. The van der Waals surface area contributed by atoms with Gasteiger partial charge in [0, 0.05) is 29.1 Å². The van der Waals surface area contributed by atoms with Gasteiger partial charge in [-0.1, -0.05) is 0 Å². The third-order valence-electron chi connectivity index (χ3n) is 3.04. The van der Waals surface area contributed by atoms with E-state index >= 15 is 0 Å². The number of aliphatic hydroxyl groups is 1. The molecule has 17 heavy (non-hydrogen) atoms. The van der Waals surface area contributed by atoms with Crippen LogP contribution < -0.4 is 4.74 Å². The zero-order valence-corrected chi connectivity index (χ0v) is 11.3. The van der Waals surface area contributed by atoms with Gasteiger partial charge in [-0.3, -0.25) is 4.98 Å². The second-order valence-corrected chi connectivity index (χ2v) is 5.09. The molecule has 0 atom stereocenters. The summed E-state index contributed by atoms with van der Waals surface area (Å²) in [7, 11) is 4.04. The predicted molar refractivity (Wildman–Crippen MR) is 68.2 cm³/mol. The van der Waals surface area contributed by atoms with Crippen molar-refractivity contribution in [2.24, 2.45) is 0 Å². The summed E-state index contributed by atoms with van der Waals surface area (Å²) in [6.45, 7) is 6.64. The van der Waals surface area contributed by atoms with Gasteiger partial charge in [-0.05, 0) is 34.9 Å². The second kappa shape index (κ2) is 5.47. The molecule has 0 spiro atoms. The van der Waals surface area contributed by atoms with E-state index in [1.54, 1.807) is 6.20 Å². The van der Waals surface area contributed by atoms with Crippen LogP contribution in [0.1, 0.15) is 25.1 Å². The molecule has 0 saturated carbocycles. The third-order valence-corrected chi connectivity index (χ3v) is 3.04. The maximum atomic E-state index is 9.22. The van der Waals surface area contributed by atoms with E-state index in [4.69, 9.17) is 4.74 Å². The maximum Gasteiger partial charge on any atom is 0.128 e. The normalized spacial score (nSPS) is 11.9. The molecule has 0 bridgehead atoms. The highest BCUT2D eigenvalue weighted by atomic mass is 16.5. The first-order valence-corrected chi connectivity index (χ1v) is 5.73. The molecule has 1 heterocycles. The summed E-state index contributed by atoms with van der Waals surface area (Å²) in [6, 6.07) is 1.86. The molecule has 0 aliphatic heterocycles. The fourth-order valence-corrected chi connectivity index (χ4v) is 1.20. The van der Waals surface area contributed by atoms with Gasteiger partial charge in [-0.15, -0.1) is 0 Å². The lowest BCUT2D eigenvalue weighted by Gasteiger charge is -2.32. The quantitative estimate of drug-likeness (QED) is 0.846. The average Bonchev–Trinajstić information content (AvgIpc) is 2.26. The van der Waals surface area contributed by atoms with E-state index in [0.717, 1.165) is 17.0 Å². The number of ether oxygens (including phenoxy) is 1. The number of rotatable bonds is 5. The molecular weight excluding hydrogens is 216 g/mol. The Morgan fingerprint density at radius 3 is 2.59 bits per heavy atom. The number of aliphatic hydroxyl groups excluding tert-OH is 1. The van der Waals surface area contributed by atoms with Crippen LogP contribution in [0.25, 0.3) is 0 Å². The lowest BCUT2D eigenvalue weighted by Crippen LogP contribution is -2.43. The minimum absolute atomic E-state index is 0.0506. The molecule has 1 rings (SSSR count). The molecule has 96 valence electrons. The number of pyridine rings is 1. The van der Waals surface area contributed by atoms with Crippen molar-refractivity contribution < 1.29 is 9.84 Å². The first kappa shape index (κ1) is 13.9. The Balaban J connectivity index is 2.78. The summed E-state index contributed by atoms with van der Waals surface area (Å²) in [5, 5.41) is 9.22. The third kappa shape index (κ3) is 3.68. The monoisotopic (exact) mass is 238 g/mol. The highest BCUT2D eigenvalue weighted by molar-refractivity contribution is 5.32. The van der Waals surface area contributed by atoms with Crippen LogP contribution in [-0.4, -0.2) is 41.2 Å². The van der Waals surface area contributed by atoms with E-state index in [0.29, 0.717) is 6.61 Å². The van der Waals surface area contributed by atoms with Crippen LogP contribution in [0.2, 0.25) is 0 Å². The summed E-state index contributed by atoms with van der Waals surface area (Å²) in [5.74, 6) is 0.718. The van der Waals surface area contributed by atoms with E-state index in [1.807, 2.05) is 27.1 Å². The lowest BCUT2D eigenvalue weighted by atomic mass is 10.1. The van der Waals surface area contributed by atoms with Crippen LogP contribution >= 0.6 is 0 Å². The van der Waals surface area contributed by atoms with E-state index < -0.39 is 0 Å². The van der Waals surface area contributed by atoms with Crippen molar-refractivity contribution in [3.8, 4) is 5.75 Å². The summed E-state index contributed by atoms with van der Waals surface area (Å²) < 4.78 is 5.79. The number of hydrogen-bond acceptors (Lipinski definition) is 4. The van der Waals surface area contributed by atoms with Crippen molar-refractivity contribution in [3.63, 3.8) is 0 Å². The fourth-order valence-electron chi connectivity index (χ4n) is 1.20. The molecule has 0 fully saturated rings. The van der Waals surface area contributed by atoms with Gasteiger partial charge >= 0.3 is 0 Å². The summed E-state index contributed by atoms with van der Waals surface area (Å²) >= 11 is 0. The second-order valence-electron chi connectivity index (χ2n) is 5.09. The Morgan fingerprint density at radius 1 is 1.41 bits per heavy atom. The maximum absolute atomic E-state index is 9.22. The van der Waals surface area contributed by atoms with Crippen LogP contribution in [-0.2, 0) is 6.61 Å². The van der Waals surface area contributed by atoms with Gasteiger partial charge in [0.2, 0.25) is 0 Å². The van der Waals surface area contributed by atoms with E-state index in [9.17, 15) is 5.11 Å². The van der Waals surface area contributed by atoms with Crippen molar-refractivity contribution in [1.29, 1.82) is 0 Å². The molecular formula is C13H22N2O2. The standard InChI is InChI=1S/C13H22N2O2/c1-10-6-12(11(8-16)7-14-10)17-9-13(2,3)15(4)5/h6-7,16H,8-9H2,1-5H3. The highest BCUT2D eigenvalue weighted by Gasteiger charge is 2.21. The molecule has 4 heteroatoms. The smallest absolute Gasteiger partial charge is 0.128 e. The van der Waals surface area contributed by atoms with Crippen molar-refractivity contribution in [2.45, 2.75) is 32.9 Å². The van der Waals surface area contributed by atoms with Crippen LogP contribution in [0, 0.1) is 6.92 Å². The fraction of sp³-hybridized carbons (Fsp3) is 0.615. The molecule has 0 saturated heterocycles. The molecule has 1 aromatic rings. The minimum atomic E-state index is -0.0517. The van der Waals surface area contributed by atoms with E-state index in [2.05, 4.69) is 23.7 Å². The molecule has 0 aliphatic carbocycles. The molecule has 0 aliphatic rings. The summed E-state index contributed by atoms with van der Waals surface area (Å²) in [4.78, 5) is 6.25. The molecule has 0 aromatic carbocycles. The van der Waals surface area contributed by atoms with Gasteiger partial charge in [0.05, 0.1) is 6.61 Å². The Labute approximate surface area is 103 Å². The summed E-state index contributed by atoms with van der Waals surface area (Å²) in [5.41, 5.74) is 1.56. The van der Waals surface area contributed by atoms with E-state index in [1.165, 1.54) is 0 Å². The minimum Gasteiger partial charge on any atom is -0.491 e. The molecule has 0 radical (unpaired) electrons. The zero-order valence-electron chi connectivity index (χ0n) is 11.3. The Hall–Kier alpha value is -1.13. The number of hydrogen-bond donors (Lipinski definition) is 1. The number of aromatic nitrogens is 1. The van der Waals surface area contributed by atoms with Crippen molar-refractivity contribution in [3.05, 3.63) is 23.5 Å². The van der Waals surface area contributed by atoms with Gasteiger partial charge in [-0.25, -0.2) is 0 Å². The lowest BCUT2D eigenvalue weighted by molar-refractivity contribution is 0.112. The van der Waals surface area contributed by atoms with Crippen molar-refractivity contribution in [2.75, 3.05) is 20.7 Å². The average molecular weight is 238 g/mol. The predicted octanol–water partition coefficient (Wildman–Crippen LogP) is 1.60. The largest absolute Gasteiger partial charge is 0.491 e. The first-order valence-electron chi connectivity index (χ1n) is 5.73. The topological polar surface area (TPSA) is 45.6 Å². The molecule has 0 amide bonds. The van der Waals surface area contributed by atoms with Crippen LogP contribution in [0.4, 0.5) is 0 Å². The molecule has 4 nitrogen and oxygen atoms in total. The molecule has 0 unspecified atom stereocenters. The summed E-state index contributed by atoms with van der Waals surface area (Å²) in [6.07, 6.45) is 1.66. The first-order chi connectivity index (χ1) is 7.86. The van der Waals surface area contributed by atoms with Crippen molar-refractivity contribution >= 4 is 0 Å². The van der Waals surface area contributed by atoms with Crippen LogP contribution in [0.5, 0.6) is 5.75 Å². The molecule has 1 N–H and O–H groups in total. The number of likely N-dealkylation sites (N-methyl/N-ethyl adjacent to an activating group) is 1. The van der Waals surface area contributed by atoms with Gasteiger partial charge in [0.1, 0.15) is 12.4 Å².